The molecule has 4 aromatic rings. The molecule has 0 bridgehead atoms. The van der Waals surface area contributed by atoms with Gasteiger partial charge in [-0.05, 0) is 67.1 Å². The number of morpholine rings is 1. The number of benzene rings is 3. The predicted octanol–water partition coefficient (Wildman–Crippen LogP) is 3.88. The van der Waals surface area contributed by atoms with Gasteiger partial charge in [-0.25, -0.2) is 18.2 Å². The van der Waals surface area contributed by atoms with E-state index in [0.29, 0.717) is 61.1 Å². The van der Waals surface area contributed by atoms with Crippen LogP contribution in [0.15, 0.2) is 71.6 Å². The van der Waals surface area contributed by atoms with Crippen LogP contribution in [0.25, 0.3) is 11.0 Å². The fourth-order valence-electron chi connectivity index (χ4n) is 4.51. The molecule has 11 heteroatoms. The highest BCUT2D eigenvalue weighted by molar-refractivity contribution is 7.89. The number of ether oxygens (including phenoxy) is 3. The van der Waals surface area contributed by atoms with Gasteiger partial charge in [0.05, 0.1) is 46.3 Å². The van der Waals surface area contributed by atoms with Gasteiger partial charge < -0.3 is 18.8 Å². The summed E-state index contributed by atoms with van der Waals surface area (Å²) in [6.07, 6.45) is 0. The van der Waals surface area contributed by atoms with Crippen molar-refractivity contribution in [2.45, 2.75) is 31.6 Å². The van der Waals surface area contributed by atoms with Gasteiger partial charge in [0.15, 0.2) is 0 Å². The predicted molar refractivity (Wildman–Crippen MR) is 146 cm³/mol. The fourth-order valence-corrected chi connectivity index (χ4v) is 5.94. The number of fused-ring (bicyclic) bond motifs is 1. The third-order valence-corrected chi connectivity index (χ3v) is 8.50. The lowest BCUT2D eigenvalue weighted by Gasteiger charge is -2.26. The van der Waals surface area contributed by atoms with Crippen LogP contribution in [0, 0.1) is 11.3 Å². The Balaban J connectivity index is 1.27. The van der Waals surface area contributed by atoms with Crippen LogP contribution in [0.3, 0.4) is 0 Å². The minimum absolute atomic E-state index is 0.0706. The molecule has 0 spiro atoms. The second-order valence-electron chi connectivity index (χ2n) is 9.14. The van der Waals surface area contributed by atoms with E-state index in [1.165, 1.54) is 4.31 Å². The van der Waals surface area contributed by atoms with E-state index in [4.69, 9.17) is 19.5 Å². The zero-order valence-corrected chi connectivity index (χ0v) is 22.8. The molecular weight excluding hydrogens is 532 g/mol. The molecular formula is C29H28N4O6S. The van der Waals surface area contributed by atoms with Gasteiger partial charge in [-0.15, -0.1) is 0 Å². The van der Waals surface area contributed by atoms with E-state index in [2.05, 4.69) is 11.1 Å². The summed E-state index contributed by atoms with van der Waals surface area (Å²) in [5, 5.41) is 8.92. The number of nitrogens with zero attached hydrogens (tertiary/aromatic N) is 4. The maximum atomic E-state index is 13.1. The van der Waals surface area contributed by atoms with Crippen molar-refractivity contribution >= 4 is 27.0 Å². The Morgan fingerprint density at radius 1 is 1.05 bits per heavy atom. The quantitative estimate of drug-likeness (QED) is 0.283. The molecule has 206 valence electrons. The highest BCUT2D eigenvalue weighted by Crippen LogP contribution is 2.24. The third kappa shape index (κ3) is 5.84. The Morgan fingerprint density at radius 3 is 2.55 bits per heavy atom. The number of imidazole rings is 1. The molecule has 1 fully saturated rings. The van der Waals surface area contributed by atoms with E-state index in [9.17, 15) is 13.2 Å². The monoisotopic (exact) mass is 560 g/mol. The molecule has 1 aliphatic rings. The molecule has 40 heavy (non-hydrogen) atoms. The second kappa shape index (κ2) is 11.9. The minimum atomic E-state index is -3.66. The molecule has 0 radical (unpaired) electrons. The average Bonchev–Trinajstić information content (AvgIpc) is 3.36. The summed E-state index contributed by atoms with van der Waals surface area (Å²) in [4.78, 5) is 17.6. The number of rotatable bonds is 9. The van der Waals surface area contributed by atoms with E-state index >= 15 is 0 Å². The first-order chi connectivity index (χ1) is 19.4. The van der Waals surface area contributed by atoms with Crippen molar-refractivity contribution in [3.8, 4) is 11.8 Å². The van der Waals surface area contributed by atoms with Crippen molar-refractivity contribution in [3.63, 3.8) is 0 Å². The number of hydrogen-bond acceptors (Lipinski definition) is 8. The van der Waals surface area contributed by atoms with E-state index < -0.39 is 16.0 Å². The number of nitriles is 1. The molecule has 10 nitrogen and oxygen atoms in total. The number of carbonyl (C=O) groups is 1. The summed E-state index contributed by atoms with van der Waals surface area (Å²) in [6.45, 7) is 4.06. The normalized spacial score (nSPS) is 14.1. The van der Waals surface area contributed by atoms with Gasteiger partial charge in [-0.2, -0.15) is 9.57 Å². The van der Waals surface area contributed by atoms with Crippen LogP contribution in [0.1, 0.15) is 34.2 Å². The Bertz CT molecular complexity index is 1670. The number of esters is 1. The van der Waals surface area contributed by atoms with E-state index in [0.717, 1.165) is 11.1 Å². The fraction of sp³-hybridized carbons (Fsp3) is 0.276. The van der Waals surface area contributed by atoms with Crippen LogP contribution in [0.5, 0.6) is 5.75 Å². The molecule has 1 saturated heterocycles. The lowest BCUT2D eigenvalue weighted by molar-refractivity contribution is 0.0458. The SMILES string of the molecule is CCn1c(COC(=O)c2cccc(COc3ccc(C#N)cc3)c2)nc2cc(S(=O)(=O)N3CCOCC3)ccc21. The van der Waals surface area contributed by atoms with Crippen LogP contribution < -0.4 is 4.74 Å². The summed E-state index contributed by atoms with van der Waals surface area (Å²) in [6, 6.07) is 20.7. The molecule has 5 rings (SSSR count). The summed E-state index contributed by atoms with van der Waals surface area (Å²) in [5.41, 5.74) is 2.99. The lowest BCUT2D eigenvalue weighted by Crippen LogP contribution is -2.40. The molecule has 0 N–H and O–H groups in total. The van der Waals surface area contributed by atoms with Crippen molar-refractivity contribution in [1.29, 1.82) is 5.26 Å². The van der Waals surface area contributed by atoms with Crippen molar-refractivity contribution in [1.82, 2.24) is 13.9 Å². The van der Waals surface area contributed by atoms with Crippen molar-refractivity contribution in [2.75, 3.05) is 26.3 Å². The number of hydrogen-bond donors (Lipinski definition) is 0. The molecule has 1 aliphatic heterocycles. The van der Waals surface area contributed by atoms with Crippen LogP contribution in [-0.2, 0) is 39.3 Å². The van der Waals surface area contributed by atoms with Gasteiger partial charge in [0, 0.05) is 19.6 Å². The van der Waals surface area contributed by atoms with E-state index in [1.54, 1.807) is 60.7 Å². The summed E-state index contributed by atoms with van der Waals surface area (Å²) < 4.78 is 46.1. The number of aromatic nitrogens is 2. The number of aryl methyl sites for hydroxylation is 1. The van der Waals surface area contributed by atoms with Gasteiger partial charge in [0.1, 0.15) is 24.8 Å². The van der Waals surface area contributed by atoms with Gasteiger partial charge >= 0.3 is 5.97 Å². The Labute approximate surface area is 232 Å². The first kappa shape index (κ1) is 27.3. The van der Waals surface area contributed by atoms with Crippen molar-refractivity contribution in [3.05, 3.63) is 89.2 Å². The zero-order chi connectivity index (χ0) is 28.1. The summed E-state index contributed by atoms with van der Waals surface area (Å²) >= 11 is 0. The third-order valence-electron chi connectivity index (χ3n) is 6.61. The molecule has 0 amide bonds. The van der Waals surface area contributed by atoms with Crippen molar-refractivity contribution in [2.24, 2.45) is 0 Å². The topological polar surface area (TPSA) is 124 Å². The zero-order valence-electron chi connectivity index (χ0n) is 21.9. The molecule has 2 heterocycles. The molecule has 0 saturated carbocycles. The standard InChI is InChI=1S/C29H28N4O6S/c1-2-33-27-11-10-25(40(35,36)32-12-14-37-15-13-32)17-26(27)31-28(33)20-39-29(34)23-5-3-4-22(16-23)19-38-24-8-6-21(18-30)7-9-24/h3-11,16-17H,2,12-15,19-20H2,1H3. The van der Waals surface area contributed by atoms with Crippen molar-refractivity contribution < 1.29 is 27.4 Å². The highest BCUT2D eigenvalue weighted by Gasteiger charge is 2.27. The van der Waals surface area contributed by atoms with E-state index in [1.807, 2.05) is 17.6 Å². The smallest absolute Gasteiger partial charge is 0.338 e. The molecule has 1 aromatic heterocycles. The molecule has 3 aromatic carbocycles. The van der Waals surface area contributed by atoms with Gasteiger partial charge in [0.25, 0.3) is 0 Å². The minimum Gasteiger partial charge on any atom is -0.489 e. The summed E-state index contributed by atoms with van der Waals surface area (Å²) in [7, 11) is -3.66. The average molecular weight is 561 g/mol. The Kier molecular flexibility index (Phi) is 8.11. The maximum Gasteiger partial charge on any atom is 0.338 e. The van der Waals surface area contributed by atoms with Crippen LogP contribution in [-0.4, -0.2) is 54.5 Å². The first-order valence-electron chi connectivity index (χ1n) is 12.8. The van der Waals surface area contributed by atoms with Gasteiger partial charge in [0.2, 0.25) is 10.0 Å². The lowest BCUT2D eigenvalue weighted by atomic mass is 10.1. The van der Waals surface area contributed by atoms with E-state index in [-0.39, 0.29) is 18.1 Å². The first-order valence-corrected chi connectivity index (χ1v) is 14.3. The molecule has 0 aliphatic carbocycles. The maximum absolute atomic E-state index is 13.1. The molecule has 0 unspecified atom stereocenters. The van der Waals surface area contributed by atoms with Crippen LogP contribution >= 0.6 is 0 Å². The van der Waals surface area contributed by atoms with Crippen LogP contribution in [0.4, 0.5) is 0 Å². The van der Waals surface area contributed by atoms with Gasteiger partial charge in [-0.1, -0.05) is 12.1 Å². The number of sulfonamides is 1. The number of carbonyl (C=O) groups excluding carboxylic acids is 1. The Hall–Kier alpha value is -4.24. The summed E-state index contributed by atoms with van der Waals surface area (Å²) in [5.74, 6) is 0.629. The van der Waals surface area contributed by atoms with Gasteiger partial charge in [-0.3, -0.25) is 0 Å². The second-order valence-corrected chi connectivity index (χ2v) is 11.1. The molecule has 0 atom stereocenters. The highest BCUT2D eigenvalue weighted by atomic mass is 32.2. The Morgan fingerprint density at radius 2 is 1.82 bits per heavy atom. The largest absolute Gasteiger partial charge is 0.489 e. The van der Waals surface area contributed by atoms with Crippen LogP contribution in [0.2, 0.25) is 0 Å².